The number of nitrogens with zero attached hydrogens (tertiary/aromatic N) is 7. The lowest BCUT2D eigenvalue weighted by molar-refractivity contribution is 0.0968. The van der Waals surface area contributed by atoms with E-state index in [1.807, 2.05) is 13.8 Å². The van der Waals surface area contributed by atoms with Crippen molar-refractivity contribution >= 4 is 44.3 Å². The van der Waals surface area contributed by atoms with Crippen molar-refractivity contribution in [3.05, 3.63) is 68.4 Å². The fourth-order valence-corrected chi connectivity index (χ4v) is 5.81. The minimum absolute atomic E-state index is 0.0212. The van der Waals surface area contributed by atoms with Crippen molar-refractivity contribution < 1.29 is 13.9 Å². The molecule has 0 saturated heterocycles. The van der Waals surface area contributed by atoms with Crippen LogP contribution in [0.4, 0.5) is 4.39 Å². The molecule has 4 rings (SSSR count). The Bertz CT molecular complexity index is 1650. The van der Waals surface area contributed by atoms with E-state index < -0.39 is 29.4 Å². The van der Waals surface area contributed by atoms with Crippen LogP contribution in [0.3, 0.4) is 0 Å². The monoisotopic (exact) mass is 559 g/mol. The number of fused-ring (bicyclic) bond motifs is 1. The Hall–Kier alpha value is -3.78. The number of methoxy groups -OCH3 is 1. The van der Waals surface area contributed by atoms with E-state index in [1.54, 1.807) is 20.2 Å². The molecule has 14 heteroatoms. The molecule has 3 heterocycles. The molecule has 0 aliphatic heterocycles. The fourth-order valence-electron chi connectivity index (χ4n) is 3.94. The standard InChI is InChI=1S/C24H26FN7O4S2/c1-13(2)28-23(37-6)29(4)31-20(34)19-14(3)21(32-26-9-10-27-32)38-22(19)30(24(31)35)12-17(33)16-11-15(25)7-8-18(16)36-5/h7-11,13H,12H2,1-6H3. The van der Waals surface area contributed by atoms with E-state index in [2.05, 4.69) is 15.2 Å². The zero-order valence-electron chi connectivity index (χ0n) is 21.6. The molecule has 0 aliphatic carbocycles. The minimum atomic E-state index is -0.750. The molecule has 4 aromatic rings. The average molecular weight is 560 g/mol. The van der Waals surface area contributed by atoms with E-state index >= 15 is 0 Å². The van der Waals surface area contributed by atoms with Gasteiger partial charge in [-0.25, -0.2) is 9.18 Å². The molecule has 200 valence electrons. The maximum Gasteiger partial charge on any atom is 0.352 e. The number of carbonyl (C=O) groups excluding carboxylic acids is 1. The van der Waals surface area contributed by atoms with Crippen molar-refractivity contribution in [1.82, 2.24) is 24.2 Å². The van der Waals surface area contributed by atoms with Gasteiger partial charge in [-0.15, -0.1) is 4.80 Å². The van der Waals surface area contributed by atoms with Crippen molar-refractivity contribution in [1.29, 1.82) is 0 Å². The number of benzene rings is 1. The normalized spacial score (nSPS) is 11.9. The molecule has 0 aliphatic rings. The molecule has 0 spiro atoms. The summed E-state index contributed by atoms with van der Waals surface area (Å²) in [5.74, 6) is -1.02. The Balaban J connectivity index is 2.01. The first-order valence-electron chi connectivity index (χ1n) is 11.5. The van der Waals surface area contributed by atoms with Gasteiger partial charge in [-0.05, 0) is 45.2 Å². The zero-order valence-corrected chi connectivity index (χ0v) is 23.3. The van der Waals surface area contributed by atoms with E-state index in [4.69, 9.17) is 4.74 Å². The third-order valence-electron chi connectivity index (χ3n) is 5.66. The summed E-state index contributed by atoms with van der Waals surface area (Å²) in [5, 5.41) is 10.9. The summed E-state index contributed by atoms with van der Waals surface area (Å²) in [6, 6.07) is 3.49. The van der Waals surface area contributed by atoms with E-state index in [-0.39, 0.29) is 27.6 Å². The molecule has 11 nitrogen and oxygen atoms in total. The van der Waals surface area contributed by atoms with Crippen LogP contribution in [0.25, 0.3) is 15.2 Å². The number of rotatable bonds is 7. The van der Waals surface area contributed by atoms with E-state index in [1.165, 1.54) is 57.8 Å². The summed E-state index contributed by atoms with van der Waals surface area (Å²) in [4.78, 5) is 47.2. The van der Waals surface area contributed by atoms with Crippen LogP contribution in [0.2, 0.25) is 0 Å². The highest BCUT2D eigenvalue weighted by atomic mass is 32.2. The molecule has 0 radical (unpaired) electrons. The molecule has 0 saturated carbocycles. The molecule has 3 aromatic heterocycles. The number of Topliss-reactive ketones (excluding diaryl/α,β-unsaturated/α-hetero) is 1. The maximum atomic E-state index is 14.0. The summed E-state index contributed by atoms with van der Waals surface area (Å²) in [6.07, 6.45) is 4.78. The van der Waals surface area contributed by atoms with Gasteiger partial charge < -0.3 is 4.74 Å². The quantitative estimate of drug-likeness (QED) is 0.193. The van der Waals surface area contributed by atoms with Crippen LogP contribution < -0.4 is 21.0 Å². The molecular formula is C24H26FN7O4S2. The number of hydrogen-bond donors (Lipinski definition) is 0. The van der Waals surface area contributed by atoms with E-state index in [0.29, 0.717) is 15.7 Å². The molecule has 0 amide bonds. The smallest absolute Gasteiger partial charge is 0.352 e. The zero-order chi connectivity index (χ0) is 27.7. The minimum Gasteiger partial charge on any atom is -0.496 e. The Morgan fingerprint density at radius 3 is 2.55 bits per heavy atom. The van der Waals surface area contributed by atoms with Crippen molar-refractivity contribution in [3.63, 3.8) is 0 Å². The van der Waals surface area contributed by atoms with Gasteiger partial charge in [0.25, 0.3) is 5.56 Å². The number of amidine groups is 1. The highest BCUT2D eigenvalue weighted by Crippen LogP contribution is 2.30. The number of aryl methyl sites for hydroxylation is 1. The Kier molecular flexibility index (Phi) is 7.83. The van der Waals surface area contributed by atoms with E-state index in [0.717, 1.165) is 22.1 Å². The fraction of sp³-hybridized carbons (Fsp3) is 0.333. The summed E-state index contributed by atoms with van der Waals surface area (Å²) in [6.45, 7) is 5.02. The highest BCUT2D eigenvalue weighted by Gasteiger charge is 2.26. The highest BCUT2D eigenvalue weighted by molar-refractivity contribution is 8.13. The van der Waals surface area contributed by atoms with Crippen molar-refractivity contribution in [2.45, 2.75) is 33.4 Å². The molecule has 0 N–H and O–H groups in total. The van der Waals surface area contributed by atoms with Gasteiger partial charge in [-0.1, -0.05) is 23.1 Å². The summed E-state index contributed by atoms with van der Waals surface area (Å²) in [7, 11) is 2.93. The van der Waals surface area contributed by atoms with Crippen molar-refractivity contribution in [2.24, 2.45) is 4.99 Å². The van der Waals surface area contributed by atoms with Gasteiger partial charge in [0.15, 0.2) is 11.0 Å². The van der Waals surface area contributed by atoms with Crippen LogP contribution in [-0.2, 0) is 6.54 Å². The summed E-state index contributed by atoms with van der Waals surface area (Å²) >= 11 is 2.38. The lowest BCUT2D eigenvalue weighted by atomic mass is 10.1. The van der Waals surface area contributed by atoms with Gasteiger partial charge in [-0.2, -0.15) is 14.9 Å². The second-order valence-electron chi connectivity index (χ2n) is 8.52. The maximum absolute atomic E-state index is 14.0. The van der Waals surface area contributed by atoms with E-state index in [9.17, 15) is 18.8 Å². The van der Waals surface area contributed by atoms with Crippen LogP contribution in [0.1, 0.15) is 29.8 Å². The summed E-state index contributed by atoms with van der Waals surface area (Å²) < 4.78 is 21.4. The van der Waals surface area contributed by atoms with Crippen LogP contribution in [0.15, 0.2) is 45.2 Å². The Labute approximate surface area is 225 Å². The van der Waals surface area contributed by atoms with Crippen molar-refractivity contribution in [3.8, 4) is 10.8 Å². The second-order valence-corrected chi connectivity index (χ2v) is 10.3. The van der Waals surface area contributed by atoms with Crippen LogP contribution in [0.5, 0.6) is 5.75 Å². The van der Waals surface area contributed by atoms with Gasteiger partial charge in [0.05, 0.1) is 37.0 Å². The first-order valence-corrected chi connectivity index (χ1v) is 13.5. The first-order chi connectivity index (χ1) is 18.1. The number of halogens is 1. The number of carbonyl (C=O) groups is 1. The Morgan fingerprint density at radius 1 is 1.26 bits per heavy atom. The van der Waals surface area contributed by atoms with Gasteiger partial charge >= 0.3 is 5.69 Å². The Morgan fingerprint density at radius 2 is 1.95 bits per heavy atom. The lowest BCUT2D eigenvalue weighted by Gasteiger charge is -2.23. The van der Waals surface area contributed by atoms with Gasteiger partial charge in [0.2, 0.25) is 0 Å². The number of aromatic nitrogens is 5. The average Bonchev–Trinajstić information content (AvgIpc) is 3.52. The number of thiophene rings is 1. The first kappa shape index (κ1) is 27.3. The molecule has 0 unspecified atom stereocenters. The molecular weight excluding hydrogens is 533 g/mol. The third kappa shape index (κ3) is 4.88. The number of aliphatic imine (C=N–C) groups is 1. The lowest BCUT2D eigenvalue weighted by Crippen LogP contribution is -2.53. The topological polar surface area (TPSA) is 117 Å². The van der Waals surface area contributed by atoms with Gasteiger partial charge in [-0.3, -0.25) is 24.2 Å². The number of hydrogen-bond acceptors (Lipinski definition) is 9. The second kappa shape index (κ2) is 10.9. The van der Waals surface area contributed by atoms with Crippen LogP contribution in [-0.4, -0.2) is 61.6 Å². The third-order valence-corrected chi connectivity index (χ3v) is 7.67. The van der Waals surface area contributed by atoms with Crippen LogP contribution >= 0.6 is 23.1 Å². The SMILES string of the molecule is COc1ccc(F)cc1C(=O)Cn1c(=O)n(N(C)C(=NC(C)C)SC)c(=O)c2c(C)c(-n3nccn3)sc21. The largest absolute Gasteiger partial charge is 0.496 e. The molecule has 0 atom stereocenters. The molecule has 38 heavy (non-hydrogen) atoms. The molecule has 0 fully saturated rings. The predicted octanol–water partition coefficient (Wildman–Crippen LogP) is 2.84. The molecule has 1 aromatic carbocycles. The number of thioether (sulfide) groups is 1. The molecule has 0 bridgehead atoms. The van der Waals surface area contributed by atoms with Gasteiger partial charge in [0.1, 0.15) is 21.4 Å². The van der Waals surface area contributed by atoms with Crippen molar-refractivity contribution in [2.75, 3.05) is 25.4 Å². The summed E-state index contributed by atoms with van der Waals surface area (Å²) in [5.41, 5.74) is -0.797. The van der Waals surface area contributed by atoms with Gasteiger partial charge in [0, 0.05) is 18.7 Å². The number of ether oxygens (including phenoxy) is 1. The predicted molar refractivity (Wildman–Crippen MR) is 148 cm³/mol. The van der Waals surface area contributed by atoms with Crippen LogP contribution in [0, 0.1) is 12.7 Å². The number of ketones is 1.